The molecule has 1 saturated heterocycles. The van der Waals surface area contributed by atoms with Gasteiger partial charge in [0, 0.05) is 6.42 Å². The second-order valence-electron chi connectivity index (χ2n) is 3.90. The van der Waals surface area contributed by atoms with Crippen LogP contribution >= 0.6 is 0 Å². The van der Waals surface area contributed by atoms with Crippen molar-refractivity contribution in [2.24, 2.45) is 0 Å². The van der Waals surface area contributed by atoms with Gasteiger partial charge in [-0.3, -0.25) is 0 Å². The molecule has 14 heavy (non-hydrogen) atoms. The van der Waals surface area contributed by atoms with Crippen LogP contribution in [0.25, 0.3) is 0 Å². The van der Waals surface area contributed by atoms with E-state index >= 15 is 0 Å². The van der Waals surface area contributed by atoms with Gasteiger partial charge in [-0.25, -0.2) is 0 Å². The molecule has 0 bridgehead atoms. The Kier molecular flexibility index (Phi) is 1.53. The summed E-state index contributed by atoms with van der Waals surface area (Å²) in [6.45, 7) is 3.29. The van der Waals surface area contributed by atoms with Crippen molar-refractivity contribution in [1.29, 1.82) is 0 Å². The molecule has 2 heterocycles. The molecular formula is C11H12O3. The summed E-state index contributed by atoms with van der Waals surface area (Å²) in [6, 6.07) is 6.01. The topological polar surface area (TPSA) is 27.7 Å². The van der Waals surface area contributed by atoms with Crippen molar-refractivity contribution in [3.8, 4) is 11.5 Å². The highest BCUT2D eigenvalue weighted by atomic mass is 16.7. The summed E-state index contributed by atoms with van der Waals surface area (Å²) in [5.74, 6) is 1.66. The van der Waals surface area contributed by atoms with Gasteiger partial charge >= 0.3 is 0 Å². The minimum atomic E-state index is -0.110. The van der Waals surface area contributed by atoms with Crippen LogP contribution in [0.3, 0.4) is 0 Å². The summed E-state index contributed by atoms with van der Waals surface area (Å²) in [5.41, 5.74) is 1.06. The third-order valence-electron chi connectivity index (χ3n) is 2.98. The lowest BCUT2D eigenvalue weighted by atomic mass is 9.88. The largest absolute Gasteiger partial charge is 0.454 e. The van der Waals surface area contributed by atoms with E-state index in [0.29, 0.717) is 6.79 Å². The van der Waals surface area contributed by atoms with Crippen LogP contribution in [0.5, 0.6) is 11.5 Å². The summed E-state index contributed by atoms with van der Waals surface area (Å²) in [4.78, 5) is 0. The van der Waals surface area contributed by atoms with Crippen molar-refractivity contribution in [3.05, 3.63) is 23.8 Å². The first-order valence-electron chi connectivity index (χ1n) is 4.82. The second kappa shape index (κ2) is 2.64. The van der Waals surface area contributed by atoms with Gasteiger partial charge in [0.25, 0.3) is 0 Å². The Balaban J connectivity index is 2.00. The molecule has 0 N–H and O–H groups in total. The number of fused-ring (bicyclic) bond motifs is 1. The summed E-state index contributed by atoms with van der Waals surface area (Å²) in [7, 11) is 0. The first kappa shape index (κ1) is 8.12. The lowest BCUT2D eigenvalue weighted by Gasteiger charge is -2.39. The standard InChI is InChI=1S/C11H12O3/c1-11(4-5-14-11)8-2-3-9-10(6-8)13-7-12-9/h2-3,6H,4-5,7H2,1H3. The predicted molar refractivity (Wildman–Crippen MR) is 50.5 cm³/mol. The Morgan fingerprint density at radius 3 is 2.71 bits per heavy atom. The van der Waals surface area contributed by atoms with Gasteiger partial charge < -0.3 is 14.2 Å². The van der Waals surface area contributed by atoms with Crippen LogP contribution in [0.2, 0.25) is 0 Å². The molecular weight excluding hydrogens is 180 g/mol. The van der Waals surface area contributed by atoms with Gasteiger partial charge in [0.1, 0.15) is 0 Å². The fourth-order valence-corrected chi connectivity index (χ4v) is 1.86. The van der Waals surface area contributed by atoms with Gasteiger partial charge in [-0.05, 0) is 24.6 Å². The Hall–Kier alpha value is -1.22. The predicted octanol–water partition coefficient (Wildman–Crippen LogP) is 2.05. The monoisotopic (exact) mass is 192 g/mol. The average Bonchev–Trinajstić information content (AvgIpc) is 2.60. The highest BCUT2D eigenvalue weighted by molar-refractivity contribution is 5.46. The van der Waals surface area contributed by atoms with Gasteiger partial charge in [-0.15, -0.1) is 0 Å². The molecule has 1 atom stereocenters. The van der Waals surface area contributed by atoms with Crippen molar-refractivity contribution in [1.82, 2.24) is 0 Å². The zero-order chi connectivity index (χ0) is 9.60. The molecule has 2 aliphatic heterocycles. The zero-order valence-corrected chi connectivity index (χ0v) is 8.08. The van der Waals surface area contributed by atoms with Gasteiger partial charge in [0.15, 0.2) is 11.5 Å². The maximum Gasteiger partial charge on any atom is 0.231 e. The van der Waals surface area contributed by atoms with Crippen LogP contribution in [-0.2, 0) is 10.3 Å². The first-order valence-corrected chi connectivity index (χ1v) is 4.82. The van der Waals surface area contributed by atoms with Gasteiger partial charge in [-0.2, -0.15) is 0 Å². The normalized spacial score (nSPS) is 28.6. The molecule has 0 aromatic heterocycles. The Morgan fingerprint density at radius 1 is 1.21 bits per heavy atom. The van der Waals surface area contributed by atoms with E-state index in [1.165, 1.54) is 5.56 Å². The van der Waals surface area contributed by atoms with E-state index in [-0.39, 0.29) is 5.60 Å². The average molecular weight is 192 g/mol. The Labute approximate surface area is 82.6 Å². The summed E-state index contributed by atoms with van der Waals surface area (Å²) >= 11 is 0. The van der Waals surface area contributed by atoms with Crippen LogP contribution in [0, 0.1) is 0 Å². The van der Waals surface area contributed by atoms with E-state index in [1.54, 1.807) is 0 Å². The van der Waals surface area contributed by atoms with Crippen LogP contribution in [-0.4, -0.2) is 13.4 Å². The summed E-state index contributed by atoms with van der Waals surface area (Å²) < 4.78 is 16.1. The fourth-order valence-electron chi connectivity index (χ4n) is 1.86. The Morgan fingerprint density at radius 2 is 2.00 bits per heavy atom. The molecule has 0 radical (unpaired) electrons. The number of ether oxygens (including phenoxy) is 3. The minimum Gasteiger partial charge on any atom is -0.454 e. The van der Waals surface area contributed by atoms with Crippen molar-refractivity contribution >= 4 is 0 Å². The lowest BCUT2D eigenvalue weighted by molar-refractivity contribution is -0.140. The van der Waals surface area contributed by atoms with Gasteiger partial charge in [-0.1, -0.05) is 6.07 Å². The molecule has 1 unspecified atom stereocenters. The Bertz CT molecular complexity index is 369. The van der Waals surface area contributed by atoms with E-state index in [1.807, 2.05) is 18.2 Å². The van der Waals surface area contributed by atoms with Gasteiger partial charge in [0.05, 0.1) is 12.2 Å². The smallest absolute Gasteiger partial charge is 0.231 e. The van der Waals surface area contributed by atoms with E-state index in [0.717, 1.165) is 24.5 Å². The maximum atomic E-state index is 5.57. The third kappa shape index (κ3) is 1.02. The van der Waals surface area contributed by atoms with Crippen LogP contribution in [0.4, 0.5) is 0 Å². The minimum absolute atomic E-state index is 0.110. The zero-order valence-electron chi connectivity index (χ0n) is 8.08. The molecule has 3 nitrogen and oxygen atoms in total. The molecule has 0 spiro atoms. The molecule has 1 fully saturated rings. The molecule has 1 aromatic rings. The molecule has 3 rings (SSSR count). The summed E-state index contributed by atoms with van der Waals surface area (Å²) in [6.07, 6.45) is 1.08. The highest BCUT2D eigenvalue weighted by Gasteiger charge is 2.35. The van der Waals surface area contributed by atoms with E-state index < -0.39 is 0 Å². The highest BCUT2D eigenvalue weighted by Crippen LogP contribution is 2.41. The van der Waals surface area contributed by atoms with Crippen molar-refractivity contribution in [2.45, 2.75) is 18.9 Å². The maximum absolute atomic E-state index is 5.57. The van der Waals surface area contributed by atoms with Crippen molar-refractivity contribution in [2.75, 3.05) is 13.4 Å². The molecule has 0 aliphatic carbocycles. The first-order chi connectivity index (χ1) is 6.78. The SMILES string of the molecule is CC1(c2ccc3c(c2)OCO3)CCO1. The third-order valence-corrected chi connectivity index (χ3v) is 2.98. The lowest BCUT2D eigenvalue weighted by Crippen LogP contribution is -2.37. The van der Waals surface area contributed by atoms with E-state index in [4.69, 9.17) is 14.2 Å². The number of hydrogen-bond donors (Lipinski definition) is 0. The molecule has 3 heteroatoms. The summed E-state index contributed by atoms with van der Waals surface area (Å²) in [5, 5.41) is 0. The molecule has 0 saturated carbocycles. The fraction of sp³-hybridized carbons (Fsp3) is 0.455. The molecule has 2 aliphatic rings. The van der Waals surface area contributed by atoms with Crippen LogP contribution in [0.15, 0.2) is 18.2 Å². The van der Waals surface area contributed by atoms with Gasteiger partial charge in [0.2, 0.25) is 6.79 Å². The van der Waals surface area contributed by atoms with Crippen molar-refractivity contribution in [3.63, 3.8) is 0 Å². The van der Waals surface area contributed by atoms with Crippen LogP contribution < -0.4 is 9.47 Å². The number of rotatable bonds is 1. The molecule has 0 amide bonds. The molecule has 74 valence electrons. The molecule has 1 aromatic carbocycles. The van der Waals surface area contributed by atoms with E-state index in [2.05, 4.69) is 6.92 Å². The number of benzene rings is 1. The van der Waals surface area contributed by atoms with Crippen molar-refractivity contribution < 1.29 is 14.2 Å². The van der Waals surface area contributed by atoms with Crippen LogP contribution in [0.1, 0.15) is 18.9 Å². The quantitative estimate of drug-likeness (QED) is 0.681. The van der Waals surface area contributed by atoms with E-state index in [9.17, 15) is 0 Å². The number of hydrogen-bond acceptors (Lipinski definition) is 3. The second-order valence-corrected chi connectivity index (χ2v) is 3.90.